The maximum atomic E-state index is 12.1. The number of rotatable bonds is 6. The number of ether oxygens (including phenoxy) is 1. The Morgan fingerprint density at radius 1 is 1.33 bits per heavy atom. The van der Waals surface area contributed by atoms with Gasteiger partial charge in [-0.1, -0.05) is 15.9 Å². The van der Waals surface area contributed by atoms with E-state index in [1.54, 1.807) is 7.11 Å². The summed E-state index contributed by atoms with van der Waals surface area (Å²) in [6.45, 7) is 7.68. The fourth-order valence-corrected chi connectivity index (χ4v) is 2.70. The average Bonchev–Trinajstić information content (AvgIpc) is 2.81. The van der Waals surface area contributed by atoms with Gasteiger partial charge in [-0.15, -0.1) is 0 Å². The highest BCUT2D eigenvalue weighted by molar-refractivity contribution is 9.10. The Kier molecular flexibility index (Phi) is 6.39. The van der Waals surface area contributed by atoms with Crippen LogP contribution in [0.3, 0.4) is 0 Å². The number of halogens is 1. The van der Waals surface area contributed by atoms with Crippen molar-refractivity contribution in [2.45, 2.75) is 33.9 Å². The van der Waals surface area contributed by atoms with Gasteiger partial charge in [0.2, 0.25) is 0 Å². The molecular weight excluding hydrogens is 372 g/mol. The van der Waals surface area contributed by atoms with E-state index in [4.69, 9.17) is 4.74 Å². The molecule has 0 aliphatic heterocycles. The van der Waals surface area contributed by atoms with Crippen LogP contribution in [0.15, 0.2) is 22.7 Å². The Hall–Kier alpha value is -1.86. The smallest absolute Gasteiger partial charge is 0.319 e. The summed E-state index contributed by atoms with van der Waals surface area (Å²) in [5, 5.41) is 10.2. The lowest BCUT2D eigenvalue weighted by molar-refractivity contribution is 0.182. The zero-order valence-electron chi connectivity index (χ0n) is 14.4. The van der Waals surface area contributed by atoms with Crippen LogP contribution in [0.5, 0.6) is 0 Å². The summed E-state index contributed by atoms with van der Waals surface area (Å²) in [7, 11) is 1.67. The summed E-state index contributed by atoms with van der Waals surface area (Å²) in [5.41, 5.74) is 4.83. The molecule has 1 heterocycles. The Labute approximate surface area is 150 Å². The molecule has 0 fully saturated rings. The van der Waals surface area contributed by atoms with Gasteiger partial charge in [0.15, 0.2) is 0 Å². The Bertz CT molecular complexity index is 728. The van der Waals surface area contributed by atoms with Crippen molar-refractivity contribution in [3.63, 3.8) is 0 Å². The van der Waals surface area contributed by atoms with Crippen LogP contribution in [-0.4, -0.2) is 29.5 Å². The van der Waals surface area contributed by atoms with E-state index < -0.39 is 0 Å². The van der Waals surface area contributed by atoms with E-state index in [1.165, 1.54) is 0 Å². The second-order valence-electron chi connectivity index (χ2n) is 5.64. The van der Waals surface area contributed by atoms with Gasteiger partial charge in [0, 0.05) is 35.1 Å². The number of nitrogens with one attached hydrogen (secondary N) is 2. The summed E-state index contributed by atoms with van der Waals surface area (Å²) in [5.74, 6) is 0. The third-order valence-corrected chi connectivity index (χ3v) is 4.77. The number of benzene rings is 1. The predicted molar refractivity (Wildman–Crippen MR) is 98.3 cm³/mol. The minimum Gasteiger partial charge on any atom is -0.383 e. The average molecular weight is 395 g/mol. The highest BCUT2D eigenvalue weighted by atomic mass is 79.9. The van der Waals surface area contributed by atoms with Crippen molar-refractivity contribution >= 4 is 27.6 Å². The van der Waals surface area contributed by atoms with Crippen LogP contribution in [-0.2, 0) is 17.8 Å². The summed E-state index contributed by atoms with van der Waals surface area (Å²) >= 11 is 3.45. The highest BCUT2D eigenvalue weighted by Gasteiger charge is 2.12. The Morgan fingerprint density at radius 3 is 2.75 bits per heavy atom. The number of amides is 2. The number of methoxy groups -OCH3 is 1. The Morgan fingerprint density at radius 2 is 2.08 bits per heavy atom. The first-order valence-corrected chi connectivity index (χ1v) is 8.54. The number of anilines is 1. The van der Waals surface area contributed by atoms with E-state index in [0.717, 1.165) is 32.7 Å². The van der Waals surface area contributed by atoms with Crippen LogP contribution in [0.2, 0.25) is 0 Å². The van der Waals surface area contributed by atoms with Crippen molar-refractivity contribution < 1.29 is 9.53 Å². The number of aromatic nitrogens is 2. The van der Waals surface area contributed by atoms with Crippen molar-refractivity contribution in [2.24, 2.45) is 0 Å². The van der Waals surface area contributed by atoms with Crippen LogP contribution in [0.4, 0.5) is 10.5 Å². The van der Waals surface area contributed by atoms with E-state index in [1.807, 2.05) is 43.7 Å². The van der Waals surface area contributed by atoms with Gasteiger partial charge in [0.1, 0.15) is 0 Å². The van der Waals surface area contributed by atoms with Crippen LogP contribution in [0.1, 0.15) is 22.5 Å². The third kappa shape index (κ3) is 4.58. The number of carbonyl (C=O) groups is 1. The van der Waals surface area contributed by atoms with Crippen molar-refractivity contribution in [1.29, 1.82) is 0 Å². The molecule has 0 bridgehead atoms. The summed E-state index contributed by atoms with van der Waals surface area (Å²) in [6, 6.07) is 5.46. The van der Waals surface area contributed by atoms with Crippen LogP contribution in [0.25, 0.3) is 0 Å². The van der Waals surface area contributed by atoms with Gasteiger partial charge in [0.25, 0.3) is 0 Å². The topological polar surface area (TPSA) is 68.2 Å². The molecule has 2 rings (SSSR count). The largest absolute Gasteiger partial charge is 0.383 e. The second kappa shape index (κ2) is 8.30. The van der Waals surface area contributed by atoms with Gasteiger partial charge in [-0.3, -0.25) is 4.68 Å². The highest BCUT2D eigenvalue weighted by Crippen LogP contribution is 2.20. The molecule has 0 saturated carbocycles. The van der Waals surface area contributed by atoms with Crippen molar-refractivity contribution in [3.05, 3.63) is 45.2 Å². The number of hydrogen-bond acceptors (Lipinski definition) is 3. The Balaban J connectivity index is 1.96. The molecule has 24 heavy (non-hydrogen) atoms. The first-order chi connectivity index (χ1) is 11.4. The standard InChI is InChI=1S/C17H23BrN4O2/c1-11-9-14(5-6-16(11)18)20-17(23)19-10-15-12(2)21-22(13(15)3)7-8-24-4/h5-6,9H,7-8,10H2,1-4H3,(H2,19,20,23). The van der Waals surface area contributed by atoms with Crippen molar-refractivity contribution in [2.75, 3.05) is 19.0 Å². The zero-order valence-corrected chi connectivity index (χ0v) is 16.0. The van der Waals surface area contributed by atoms with E-state index in [0.29, 0.717) is 19.7 Å². The lowest BCUT2D eigenvalue weighted by atomic mass is 10.2. The predicted octanol–water partition coefficient (Wildman–Crippen LogP) is 3.54. The summed E-state index contributed by atoms with van der Waals surface area (Å²) in [4.78, 5) is 12.1. The van der Waals surface area contributed by atoms with E-state index >= 15 is 0 Å². The van der Waals surface area contributed by atoms with E-state index in [2.05, 4.69) is 31.7 Å². The van der Waals surface area contributed by atoms with Crippen molar-refractivity contribution in [1.82, 2.24) is 15.1 Å². The van der Waals surface area contributed by atoms with Crippen molar-refractivity contribution in [3.8, 4) is 0 Å². The zero-order chi connectivity index (χ0) is 17.7. The van der Waals surface area contributed by atoms with Gasteiger partial charge in [-0.05, 0) is 44.5 Å². The number of nitrogens with zero attached hydrogens (tertiary/aromatic N) is 2. The molecule has 130 valence electrons. The molecule has 2 aromatic rings. The van der Waals surface area contributed by atoms with Crippen LogP contribution in [0, 0.1) is 20.8 Å². The molecule has 1 aromatic carbocycles. The molecule has 0 unspecified atom stereocenters. The molecule has 0 aliphatic carbocycles. The molecule has 2 N–H and O–H groups in total. The molecular formula is C17H23BrN4O2. The van der Waals surface area contributed by atoms with Gasteiger partial charge in [-0.25, -0.2) is 4.79 Å². The number of urea groups is 1. The summed E-state index contributed by atoms with van der Waals surface area (Å²) in [6.07, 6.45) is 0. The molecule has 7 heteroatoms. The molecule has 1 aromatic heterocycles. The van der Waals surface area contributed by atoms with Gasteiger partial charge in [-0.2, -0.15) is 5.10 Å². The molecule has 0 saturated heterocycles. The molecule has 0 spiro atoms. The lowest BCUT2D eigenvalue weighted by Crippen LogP contribution is -2.28. The molecule has 0 aliphatic rings. The lowest BCUT2D eigenvalue weighted by Gasteiger charge is -2.09. The van der Waals surface area contributed by atoms with Gasteiger partial charge < -0.3 is 15.4 Å². The first kappa shape index (κ1) is 18.5. The summed E-state index contributed by atoms with van der Waals surface area (Å²) < 4.78 is 8.01. The number of hydrogen-bond donors (Lipinski definition) is 2. The fourth-order valence-electron chi connectivity index (χ4n) is 2.45. The van der Waals surface area contributed by atoms with E-state index in [9.17, 15) is 4.79 Å². The molecule has 6 nitrogen and oxygen atoms in total. The second-order valence-corrected chi connectivity index (χ2v) is 6.49. The molecule has 2 amide bonds. The van der Waals surface area contributed by atoms with Crippen LogP contribution < -0.4 is 10.6 Å². The number of carbonyl (C=O) groups excluding carboxylic acids is 1. The minimum absolute atomic E-state index is 0.236. The molecule has 0 atom stereocenters. The maximum absolute atomic E-state index is 12.1. The number of aryl methyl sites for hydroxylation is 2. The van der Waals surface area contributed by atoms with Gasteiger partial charge >= 0.3 is 6.03 Å². The quantitative estimate of drug-likeness (QED) is 0.786. The monoisotopic (exact) mass is 394 g/mol. The molecule has 0 radical (unpaired) electrons. The third-order valence-electron chi connectivity index (χ3n) is 3.88. The minimum atomic E-state index is -0.236. The van der Waals surface area contributed by atoms with Gasteiger partial charge in [0.05, 0.1) is 18.8 Å². The SMILES string of the molecule is COCCn1nc(C)c(CNC(=O)Nc2ccc(Br)c(C)c2)c1C. The first-order valence-electron chi connectivity index (χ1n) is 7.75. The normalized spacial score (nSPS) is 10.7. The maximum Gasteiger partial charge on any atom is 0.319 e. The van der Waals surface area contributed by atoms with Crippen LogP contribution >= 0.6 is 15.9 Å². The van der Waals surface area contributed by atoms with E-state index in [-0.39, 0.29) is 6.03 Å². The fraction of sp³-hybridized carbons (Fsp3) is 0.412.